The molecule has 0 radical (unpaired) electrons. The topological polar surface area (TPSA) is 42.4 Å². The Kier molecular flexibility index (Phi) is 6.05. The van der Waals surface area contributed by atoms with Gasteiger partial charge in [-0.15, -0.1) is 0 Å². The average Bonchev–Trinajstić information content (AvgIpc) is 3.03. The summed E-state index contributed by atoms with van der Waals surface area (Å²) in [6, 6.07) is 9.63. The minimum absolute atomic E-state index is 0.00898. The number of rotatable bonds is 6. The third-order valence-electron chi connectivity index (χ3n) is 5.12. The molecule has 27 heavy (non-hydrogen) atoms. The number of benzene rings is 1. The van der Waals surface area contributed by atoms with Gasteiger partial charge in [0.1, 0.15) is 11.9 Å². The molecule has 1 aliphatic carbocycles. The zero-order valence-corrected chi connectivity index (χ0v) is 16.8. The van der Waals surface area contributed by atoms with Crippen LogP contribution in [0.2, 0.25) is 0 Å². The number of pyridine rings is 1. The molecule has 2 aromatic rings. The molecule has 0 N–H and O–H groups in total. The zero-order chi connectivity index (χ0) is 19.4. The number of anilines is 1. The van der Waals surface area contributed by atoms with Crippen molar-refractivity contribution in [1.82, 2.24) is 4.98 Å². The summed E-state index contributed by atoms with van der Waals surface area (Å²) in [4.78, 5) is 18.2. The molecule has 0 saturated heterocycles. The summed E-state index contributed by atoms with van der Waals surface area (Å²) in [6.45, 7) is 5.86. The molecule has 1 aromatic heterocycles. The van der Waals surface area contributed by atoms with Crippen molar-refractivity contribution >= 4 is 23.7 Å². The van der Waals surface area contributed by atoms with Gasteiger partial charge < -0.3 is 9.64 Å². The summed E-state index contributed by atoms with van der Waals surface area (Å²) in [6.07, 6.45) is 5.73. The number of carbonyl (C=O) groups excluding carboxylic acids is 1. The number of nitrogens with zero attached hydrogens (tertiary/aromatic N) is 2. The first kappa shape index (κ1) is 19.7. The van der Waals surface area contributed by atoms with Gasteiger partial charge in [0.05, 0.1) is 30.6 Å². The molecule has 2 unspecified atom stereocenters. The maximum absolute atomic E-state index is 13.2. The Morgan fingerprint density at radius 1 is 1.41 bits per heavy atom. The van der Waals surface area contributed by atoms with Crippen molar-refractivity contribution < 1.29 is 13.4 Å². The SMILES string of the molecule is CC(=O)N(Cc1ccccc1OC1CCC(C)(SF)C1)c1cnccc1C. The van der Waals surface area contributed by atoms with Crippen LogP contribution in [-0.2, 0) is 11.3 Å². The number of carbonyl (C=O) groups is 1. The van der Waals surface area contributed by atoms with Crippen LogP contribution in [0.3, 0.4) is 0 Å². The third-order valence-corrected chi connectivity index (χ3v) is 5.86. The Morgan fingerprint density at radius 2 is 2.19 bits per heavy atom. The lowest BCUT2D eigenvalue weighted by Crippen LogP contribution is -2.29. The van der Waals surface area contributed by atoms with Gasteiger partial charge in [0.25, 0.3) is 0 Å². The predicted molar refractivity (Wildman–Crippen MR) is 108 cm³/mol. The number of amides is 1. The highest BCUT2D eigenvalue weighted by molar-refractivity contribution is 7.95. The molecule has 144 valence electrons. The van der Waals surface area contributed by atoms with E-state index in [-0.39, 0.29) is 16.8 Å². The Hall–Kier alpha value is -2.08. The number of hydrogen-bond acceptors (Lipinski definition) is 4. The molecule has 3 rings (SSSR count). The van der Waals surface area contributed by atoms with E-state index in [1.165, 1.54) is 0 Å². The third kappa shape index (κ3) is 4.61. The van der Waals surface area contributed by atoms with E-state index in [0.29, 0.717) is 25.1 Å². The van der Waals surface area contributed by atoms with Crippen molar-refractivity contribution in [2.75, 3.05) is 4.90 Å². The van der Waals surface area contributed by atoms with Crippen LogP contribution in [0.4, 0.5) is 9.57 Å². The van der Waals surface area contributed by atoms with Gasteiger partial charge >= 0.3 is 0 Å². The molecule has 2 atom stereocenters. The van der Waals surface area contributed by atoms with E-state index in [4.69, 9.17) is 4.74 Å². The highest BCUT2D eigenvalue weighted by Gasteiger charge is 2.38. The van der Waals surface area contributed by atoms with Gasteiger partial charge in [0, 0.05) is 29.9 Å². The van der Waals surface area contributed by atoms with Crippen LogP contribution in [0.15, 0.2) is 42.7 Å². The lowest BCUT2D eigenvalue weighted by molar-refractivity contribution is -0.116. The van der Waals surface area contributed by atoms with Crippen molar-refractivity contribution in [3.63, 3.8) is 0 Å². The standard InChI is InChI=1S/C21H25FN2O2S/c1-15-9-11-23-13-19(15)24(16(2)25)14-17-6-4-5-7-20(17)26-18-8-10-21(3,12-18)27-22/h4-7,9,11,13,18H,8,10,12,14H2,1-3H3. The van der Waals surface area contributed by atoms with Crippen molar-refractivity contribution in [2.45, 2.75) is 57.4 Å². The second-order valence-electron chi connectivity index (χ2n) is 7.38. The Labute approximate surface area is 164 Å². The van der Waals surface area contributed by atoms with E-state index in [1.54, 1.807) is 24.2 Å². The minimum Gasteiger partial charge on any atom is -0.490 e. The van der Waals surface area contributed by atoms with Crippen LogP contribution in [-0.4, -0.2) is 21.7 Å². The van der Waals surface area contributed by atoms with Gasteiger partial charge in [-0.2, -0.15) is 3.89 Å². The number of ether oxygens (including phenoxy) is 1. The van der Waals surface area contributed by atoms with Gasteiger partial charge in [-0.1, -0.05) is 18.2 Å². The smallest absolute Gasteiger partial charge is 0.224 e. The van der Waals surface area contributed by atoms with Gasteiger partial charge in [-0.05, 0) is 44.4 Å². The fourth-order valence-corrected chi connectivity index (χ4v) is 3.97. The van der Waals surface area contributed by atoms with Crippen LogP contribution < -0.4 is 9.64 Å². The van der Waals surface area contributed by atoms with Crippen molar-refractivity contribution in [3.8, 4) is 5.75 Å². The summed E-state index contributed by atoms with van der Waals surface area (Å²) in [5.74, 6) is 0.701. The first-order chi connectivity index (χ1) is 12.9. The highest BCUT2D eigenvalue weighted by Crippen LogP contribution is 2.43. The number of halogens is 1. The van der Waals surface area contributed by atoms with Crippen LogP contribution in [0, 0.1) is 6.92 Å². The van der Waals surface area contributed by atoms with Crippen LogP contribution in [0.25, 0.3) is 0 Å². The fourth-order valence-electron chi connectivity index (χ4n) is 3.53. The molecule has 0 spiro atoms. The Bertz CT molecular complexity index is 816. The average molecular weight is 389 g/mol. The van der Waals surface area contributed by atoms with E-state index in [1.807, 2.05) is 44.2 Å². The van der Waals surface area contributed by atoms with Crippen LogP contribution in [0.1, 0.15) is 44.2 Å². The van der Waals surface area contributed by atoms with E-state index in [9.17, 15) is 8.68 Å². The fraction of sp³-hybridized carbons (Fsp3) is 0.429. The summed E-state index contributed by atoms with van der Waals surface area (Å²) >= 11 is 0.427. The normalized spacial score (nSPS) is 21.9. The van der Waals surface area contributed by atoms with Gasteiger partial charge in [-0.25, -0.2) is 0 Å². The monoisotopic (exact) mass is 388 g/mol. The molecule has 0 bridgehead atoms. The first-order valence-electron chi connectivity index (χ1n) is 9.15. The molecule has 1 fully saturated rings. The predicted octanol–water partition coefficient (Wildman–Crippen LogP) is 5.25. The molecular weight excluding hydrogens is 363 g/mol. The summed E-state index contributed by atoms with van der Waals surface area (Å²) in [7, 11) is 0. The largest absolute Gasteiger partial charge is 0.490 e. The maximum Gasteiger partial charge on any atom is 0.224 e. The Balaban J connectivity index is 1.81. The van der Waals surface area contributed by atoms with Gasteiger partial charge in [0.2, 0.25) is 5.91 Å². The molecule has 1 aliphatic rings. The maximum atomic E-state index is 13.2. The number of aromatic nitrogens is 1. The highest BCUT2D eigenvalue weighted by atomic mass is 32.2. The second-order valence-corrected chi connectivity index (χ2v) is 8.52. The van der Waals surface area contributed by atoms with E-state index < -0.39 is 0 Å². The van der Waals surface area contributed by atoms with E-state index in [0.717, 1.165) is 35.4 Å². The molecule has 1 heterocycles. The van der Waals surface area contributed by atoms with Crippen LogP contribution in [0.5, 0.6) is 5.75 Å². The molecule has 1 amide bonds. The van der Waals surface area contributed by atoms with Crippen molar-refractivity contribution in [3.05, 3.63) is 53.9 Å². The van der Waals surface area contributed by atoms with Crippen LogP contribution >= 0.6 is 12.1 Å². The Morgan fingerprint density at radius 3 is 2.85 bits per heavy atom. The second kappa shape index (κ2) is 8.30. The van der Waals surface area contributed by atoms with Crippen molar-refractivity contribution in [1.29, 1.82) is 0 Å². The minimum atomic E-state index is -0.363. The lowest BCUT2D eigenvalue weighted by Gasteiger charge is -2.25. The quantitative estimate of drug-likeness (QED) is 0.678. The molecule has 6 heteroatoms. The molecule has 4 nitrogen and oxygen atoms in total. The van der Waals surface area contributed by atoms with E-state index >= 15 is 0 Å². The molecule has 1 aromatic carbocycles. The summed E-state index contributed by atoms with van der Waals surface area (Å²) in [5.41, 5.74) is 2.71. The lowest BCUT2D eigenvalue weighted by atomic mass is 10.1. The summed E-state index contributed by atoms with van der Waals surface area (Å²) in [5, 5.41) is 0. The molecule has 0 aliphatic heterocycles. The summed E-state index contributed by atoms with van der Waals surface area (Å²) < 4.78 is 19.0. The molecular formula is C21H25FN2O2S. The van der Waals surface area contributed by atoms with E-state index in [2.05, 4.69) is 4.98 Å². The first-order valence-corrected chi connectivity index (χ1v) is 9.86. The zero-order valence-electron chi connectivity index (χ0n) is 15.9. The number of hydrogen-bond donors (Lipinski definition) is 0. The van der Waals surface area contributed by atoms with Gasteiger partial charge in [-0.3, -0.25) is 9.78 Å². The molecule has 1 saturated carbocycles. The van der Waals surface area contributed by atoms with Crippen molar-refractivity contribution in [2.24, 2.45) is 0 Å². The number of para-hydroxylation sites is 1. The number of aryl methyl sites for hydroxylation is 1. The van der Waals surface area contributed by atoms with Gasteiger partial charge in [0.15, 0.2) is 0 Å².